The van der Waals surface area contributed by atoms with Crippen LogP contribution in [-0.2, 0) is 4.79 Å². The first-order chi connectivity index (χ1) is 20.1. The summed E-state index contributed by atoms with van der Waals surface area (Å²) in [5, 5.41) is 10.0. The van der Waals surface area contributed by atoms with E-state index >= 15 is 0 Å². The fraction of sp³-hybridized carbons (Fsp3) is 0.387. The highest BCUT2D eigenvalue weighted by Gasteiger charge is 2.58. The van der Waals surface area contributed by atoms with Crippen molar-refractivity contribution in [2.24, 2.45) is 10.4 Å². The minimum atomic E-state index is -1.17. The van der Waals surface area contributed by atoms with Gasteiger partial charge in [-0.3, -0.25) is 24.2 Å². The van der Waals surface area contributed by atoms with Crippen molar-refractivity contribution in [1.82, 2.24) is 20.1 Å². The number of nitrogens with one attached hydrogen (secondary N) is 2. The van der Waals surface area contributed by atoms with Crippen LogP contribution in [0.5, 0.6) is 5.75 Å². The molecule has 0 bridgehead atoms. The Bertz CT molecular complexity index is 1640. The van der Waals surface area contributed by atoms with Crippen LogP contribution in [-0.4, -0.2) is 51.5 Å². The molecule has 0 radical (unpaired) electrons. The lowest BCUT2D eigenvalue weighted by Crippen LogP contribution is -2.52. The Hall–Kier alpha value is -4.41. The highest BCUT2D eigenvalue weighted by Crippen LogP contribution is 2.61. The van der Waals surface area contributed by atoms with E-state index in [0.717, 1.165) is 28.6 Å². The second kappa shape index (κ2) is 10.5. The molecule has 2 amide bonds. The molecule has 1 saturated carbocycles. The number of anilines is 1. The van der Waals surface area contributed by atoms with E-state index in [2.05, 4.69) is 25.7 Å². The number of amides is 2. The van der Waals surface area contributed by atoms with Crippen molar-refractivity contribution in [3.8, 4) is 5.75 Å². The third-order valence-corrected chi connectivity index (χ3v) is 8.35. The summed E-state index contributed by atoms with van der Waals surface area (Å²) in [6.07, 6.45) is 4.44. The van der Waals surface area contributed by atoms with Gasteiger partial charge in [0, 0.05) is 46.5 Å². The first-order valence-electron chi connectivity index (χ1n) is 14.0. The second-order valence-corrected chi connectivity index (χ2v) is 11.6. The molecule has 2 aliphatic heterocycles. The fourth-order valence-corrected chi connectivity index (χ4v) is 6.11. The molecule has 6 rings (SSSR count). The summed E-state index contributed by atoms with van der Waals surface area (Å²) in [6, 6.07) is 5.80. The van der Waals surface area contributed by atoms with Gasteiger partial charge in [0.15, 0.2) is 11.6 Å². The largest absolute Gasteiger partial charge is 0.490 e. The van der Waals surface area contributed by atoms with Crippen molar-refractivity contribution < 1.29 is 23.1 Å². The summed E-state index contributed by atoms with van der Waals surface area (Å²) in [7, 11) is 0. The van der Waals surface area contributed by atoms with Gasteiger partial charge in [-0.05, 0) is 70.4 Å². The van der Waals surface area contributed by atoms with E-state index < -0.39 is 40.8 Å². The van der Waals surface area contributed by atoms with E-state index in [1.54, 1.807) is 23.0 Å². The Morgan fingerprint density at radius 2 is 1.93 bits per heavy atom. The molecule has 42 heavy (non-hydrogen) atoms. The molecule has 218 valence electrons. The van der Waals surface area contributed by atoms with Crippen molar-refractivity contribution in [3.05, 3.63) is 76.9 Å². The highest BCUT2D eigenvalue weighted by atomic mass is 19.1. The fourth-order valence-electron chi connectivity index (χ4n) is 6.11. The Kier molecular flexibility index (Phi) is 6.90. The number of carbonyl (C=O) groups is 2. The number of pyridine rings is 1. The first kappa shape index (κ1) is 27.7. The summed E-state index contributed by atoms with van der Waals surface area (Å²) >= 11 is 0. The van der Waals surface area contributed by atoms with Gasteiger partial charge in [0.25, 0.3) is 5.91 Å². The predicted octanol–water partition coefficient (Wildman–Crippen LogP) is 5.08. The highest BCUT2D eigenvalue weighted by molar-refractivity contribution is 6.24. The minimum Gasteiger partial charge on any atom is -0.490 e. The molecule has 3 aromatic rings. The molecule has 1 aromatic carbocycles. The van der Waals surface area contributed by atoms with Gasteiger partial charge in [0.05, 0.1) is 30.7 Å². The molecule has 9 nitrogen and oxygen atoms in total. The Morgan fingerprint density at radius 1 is 1.14 bits per heavy atom. The van der Waals surface area contributed by atoms with Crippen molar-refractivity contribution in [2.45, 2.75) is 58.5 Å². The topological polar surface area (TPSA) is 110 Å². The van der Waals surface area contributed by atoms with Crippen LogP contribution in [0.3, 0.4) is 0 Å². The Morgan fingerprint density at radius 3 is 2.57 bits per heavy atom. The number of ether oxygens (including phenoxy) is 1. The zero-order valence-corrected chi connectivity index (χ0v) is 23.9. The molecule has 2 aromatic heterocycles. The summed E-state index contributed by atoms with van der Waals surface area (Å²) in [5.41, 5.74) is 4.13. The summed E-state index contributed by atoms with van der Waals surface area (Å²) in [5.74, 6) is -3.50. The average Bonchev–Trinajstić information content (AvgIpc) is 3.36. The van der Waals surface area contributed by atoms with Crippen LogP contribution < -0.4 is 15.4 Å². The van der Waals surface area contributed by atoms with Crippen molar-refractivity contribution in [2.75, 3.05) is 18.5 Å². The van der Waals surface area contributed by atoms with Gasteiger partial charge in [-0.2, -0.15) is 5.10 Å². The van der Waals surface area contributed by atoms with Gasteiger partial charge >= 0.3 is 0 Å². The zero-order chi connectivity index (χ0) is 29.8. The summed E-state index contributed by atoms with van der Waals surface area (Å²) < 4.78 is 36.7. The molecular weight excluding hydrogens is 542 g/mol. The maximum atomic E-state index is 14.9. The van der Waals surface area contributed by atoms with Gasteiger partial charge in [0.2, 0.25) is 5.91 Å². The number of carbonyl (C=O) groups excluding carboxylic acids is 2. The van der Waals surface area contributed by atoms with Crippen LogP contribution in [0.4, 0.5) is 14.5 Å². The average molecular weight is 575 g/mol. The maximum Gasteiger partial charge on any atom is 0.270 e. The third kappa shape index (κ3) is 4.86. The number of halogens is 2. The van der Waals surface area contributed by atoms with Crippen molar-refractivity contribution in [1.29, 1.82) is 0 Å². The molecule has 0 saturated heterocycles. The van der Waals surface area contributed by atoms with E-state index in [1.807, 2.05) is 33.8 Å². The number of rotatable bonds is 7. The van der Waals surface area contributed by atoms with E-state index in [9.17, 15) is 18.4 Å². The van der Waals surface area contributed by atoms with Crippen molar-refractivity contribution in [3.63, 3.8) is 0 Å². The van der Waals surface area contributed by atoms with Crippen LogP contribution in [0.15, 0.2) is 53.3 Å². The predicted molar refractivity (Wildman–Crippen MR) is 154 cm³/mol. The van der Waals surface area contributed by atoms with E-state index in [1.165, 1.54) is 12.3 Å². The first-order valence-corrected chi connectivity index (χ1v) is 14.0. The number of aliphatic imine (C=N–C) groups is 1. The molecule has 11 heteroatoms. The van der Waals surface area contributed by atoms with E-state index in [4.69, 9.17) is 4.74 Å². The van der Waals surface area contributed by atoms with Crippen LogP contribution >= 0.6 is 0 Å². The molecule has 1 aliphatic carbocycles. The maximum absolute atomic E-state index is 14.9. The lowest BCUT2D eigenvalue weighted by atomic mass is 9.75. The number of nitrogens with zero attached hydrogens (tertiary/aromatic N) is 4. The normalized spacial score (nSPS) is 19.3. The molecular formula is C31H32F2N6O3. The molecule has 2 N–H and O–H groups in total. The molecule has 1 unspecified atom stereocenters. The lowest BCUT2D eigenvalue weighted by molar-refractivity contribution is -0.119. The SMILES string of the molecule is CC1=NCC(C)=C1c1ccc(NC(=O)[C@@H](NC(=O)c2ccnn2C(C)C)C2c3cc(F)cc(F)c3OCC23CC3)cn1. The van der Waals surface area contributed by atoms with Gasteiger partial charge in [-0.25, -0.2) is 8.78 Å². The molecule has 4 heterocycles. The third-order valence-electron chi connectivity index (χ3n) is 8.35. The Balaban J connectivity index is 1.36. The minimum absolute atomic E-state index is 0.0959. The van der Waals surface area contributed by atoms with Crippen LogP contribution in [0.1, 0.15) is 74.2 Å². The zero-order valence-electron chi connectivity index (χ0n) is 23.9. The molecule has 1 spiro atoms. The number of benzene rings is 1. The van der Waals surface area contributed by atoms with Gasteiger partial charge < -0.3 is 15.4 Å². The van der Waals surface area contributed by atoms with E-state index in [0.29, 0.717) is 25.1 Å². The standard InChI is InChI=1S/C31H32F2N6O3/c1-16(2)39-24(7-10-36-39)29(40)38-27(26-21-11-19(32)12-22(33)28(21)42-15-31(26)8-9-31)30(41)37-20-5-6-23(35-14-20)25-17(3)13-34-18(25)4/h5-7,10-12,14,16,26-27H,8-9,13,15H2,1-4H3,(H,37,41)(H,38,40)/t26?,27-/m0/s1. The van der Waals surface area contributed by atoms with Crippen molar-refractivity contribution >= 4 is 28.8 Å². The van der Waals surface area contributed by atoms with Gasteiger partial charge in [0.1, 0.15) is 17.6 Å². The summed E-state index contributed by atoms with van der Waals surface area (Å²) in [4.78, 5) is 36.7. The van der Waals surface area contributed by atoms with Crippen LogP contribution in [0.25, 0.3) is 5.57 Å². The number of aromatic nitrogens is 3. The second-order valence-electron chi connectivity index (χ2n) is 11.6. The van der Waals surface area contributed by atoms with Crippen LogP contribution in [0.2, 0.25) is 0 Å². The van der Waals surface area contributed by atoms with Gasteiger partial charge in [-0.15, -0.1) is 0 Å². The number of fused-ring (bicyclic) bond motifs is 1. The quantitative estimate of drug-likeness (QED) is 0.409. The smallest absolute Gasteiger partial charge is 0.270 e. The number of hydrogen-bond donors (Lipinski definition) is 2. The van der Waals surface area contributed by atoms with E-state index in [-0.39, 0.29) is 29.7 Å². The Labute approximate surface area is 242 Å². The molecule has 1 fully saturated rings. The summed E-state index contributed by atoms with van der Waals surface area (Å²) in [6.45, 7) is 8.51. The molecule has 3 aliphatic rings. The number of hydrogen-bond acceptors (Lipinski definition) is 6. The lowest BCUT2D eigenvalue weighted by Gasteiger charge is -2.38. The van der Waals surface area contributed by atoms with Crippen LogP contribution in [0, 0.1) is 17.0 Å². The van der Waals surface area contributed by atoms with Gasteiger partial charge in [-0.1, -0.05) is 0 Å². The monoisotopic (exact) mass is 574 g/mol. The molecule has 2 atom stereocenters. The number of allylic oxidation sites excluding steroid dienone is 1.